The lowest BCUT2D eigenvalue weighted by Gasteiger charge is -2.10. The van der Waals surface area contributed by atoms with Crippen LogP contribution in [0.1, 0.15) is 47.3 Å². The summed E-state index contributed by atoms with van der Waals surface area (Å²) < 4.78 is 0. The molecule has 0 spiro atoms. The van der Waals surface area contributed by atoms with Crippen LogP contribution in [0.15, 0.2) is 18.2 Å². The molecule has 0 saturated heterocycles. The van der Waals surface area contributed by atoms with Crippen LogP contribution >= 0.6 is 0 Å². The van der Waals surface area contributed by atoms with E-state index < -0.39 is 0 Å². The van der Waals surface area contributed by atoms with Crippen molar-refractivity contribution in [3.05, 3.63) is 35.0 Å². The molecular weight excluding hydrogens is 286 g/mol. The smallest absolute Gasteiger partial charge is 0.251 e. The van der Waals surface area contributed by atoms with Gasteiger partial charge in [-0.15, -0.1) is 0 Å². The number of aryl methyl sites for hydroxylation is 2. The number of benzene rings is 1. The fourth-order valence-corrected chi connectivity index (χ4v) is 3.42. The highest BCUT2D eigenvalue weighted by Crippen LogP contribution is 2.29. The van der Waals surface area contributed by atoms with Crippen molar-refractivity contribution in [3.63, 3.8) is 0 Å². The molecule has 0 radical (unpaired) electrons. The van der Waals surface area contributed by atoms with Gasteiger partial charge in [0, 0.05) is 28.7 Å². The quantitative estimate of drug-likeness (QED) is 0.658. The average Bonchev–Trinajstić information content (AvgIpc) is 2.71. The monoisotopic (exact) mass is 313 g/mol. The molecule has 0 saturated carbocycles. The van der Waals surface area contributed by atoms with Crippen molar-refractivity contribution < 1.29 is 4.79 Å². The van der Waals surface area contributed by atoms with E-state index in [1.165, 1.54) is 41.4 Å². The van der Waals surface area contributed by atoms with E-state index in [1.54, 1.807) is 0 Å². The lowest BCUT2D eigenvalue weighted by atomic mass is 10.0. The fourth-order valence-electron chi connectivity index (χ4n) is 3.42. The molecule has 2 aromatic rings. The molecule has 3 rings (SSSR count). The Morgan fingerprint density at radius 3 is 2.87 bits per heavy atom. The second-order valence-electron chi connectivity index (χ2n) is 6.82. The van der Waals surface area contributed by atoms with Gasteiger partial charge < -0.3 is 15.2 Å². The minimum atomic E-state index is 0.0363. The van der Waals surface area contributed by atoms with Crippen LogP contribution in [0, 0.1) is 0 Å². The van der Waals surface area contributed by atoms with E-state index in [9.17, 15) is 4.79 Å². The van der Waals surface area contributed by atoms with Gasteiger partial charge in [0.1, 0.15) is 0 Å². The third-order valence-corrected chi connectivity index (χ3v) is 4.68. The minimum Gasteiger partial charge on any atom is -0.358 e. The molecular formula is C19H27N3O. The third kappa shape index (κ3) is 3.75. The first-order valence-corrected chi connectivity index (χ1v) is 8.71. The van der Waals surface area contributed by atoms with Crippen LogP contribution in [0.25, 0.3) is 10.9 Å². The van der Waals surface area contributed by atoms with Gasteiger partial charge in [-0.25, -0.2) is 0 Å². The number of fused-ring (bicyclic) bond motifs is 3. The summed E-state index contributed by atoms with van der Waals surface area (Å²) in [5.74, 6) is 0.0363. The van der Waals surface area contributed by atoms with Crippen LogP contribution in [0.5, 0.6) is 0 Å². The molecule has 124 valence electrons. The first-order valence-electron chi connectivity index (χ1n) is 8.71. The molecule has 0 bridgehead atoms. The van der Waals surface area contributed by atoms with Gasteiger partial charge in [0.2, 0.25) is 0 Å². The van der Waals surface area contributed by atoms with E-state index in [1.807, 2.05) is 20.2 Å². The van der Waals surface area contributed by atoms with Crippen molar-refractivity contribution in [3.8, 4) is 0 Å². The molecule has 4 heteroatoms. The standard InChI is InChI=1S/C19H27N3O/c1-22(2)12-6-11-20-19(23)14-9-10-18-16(13-14)15-7-4-3-5-8-17(15)21-18/h9-10,13,21H,3-8,11-12H2,1-2H3,(H,20,23). The summed E-state index contributed by atoms with van der Waals surface area (Å²) in [4.78, 5) is 18.0. The van der Waals surface area contributed by atoms with Gasteiger partial charge in [-0.1, -0.05) is 6.42 Å². The second-order valence-corrected chi connectivity index (χ2v) is 6.82. The Hall–Kier alpha value is -1.81. The molecule has 1 aliphatic rings. The number of nitrogens with zero attached hydrogens (tertiary/aromatic N) is 1. The number of nitrogens with one attached hydrogen (secondary N) is 2. The number of H-pyrrole nitrogens is 1. The molecule has 1 amide bonds. The average molecular weight is 313 g/mol. The van der Waals surface area contributed by atoms with Crippen LogP contribution in [0.2, 0.25) is 0 Å². The fraction of sp³-hybridized carbons (Fsp3) is 0.526. The number of aromatic nitrogens is 1. The summed E-state index contributed by atoms with van der Waals surface area (Å²) in [7, 11) is 4.10. The molecule has 23 heavy (non-hydrogen) atoms. The Balaban J connectivity index is 1.74. The van der Waals surface area contributed by atoms with Crippen molar-refractivity contribution in [2.75, 3.05) is 27.2 Å². The van der Waals surface area contributed by atoms with Crippen LogP contribution < -0.4 is 5.32 Å². The molecule has 1 aromatic heterocycles. The number of carbonyl (C=O) groups is 1. The van der Waals surface area contributed by atoms with Crippen LogP contribution in [-0.4, -0.2) is 43.0 Å². The summed E-state index contributed by atoms with van der Waals surface area (Å²) >= 11 is 0. The second kappa shape index (κ2) is 7.18. The summed E-state index contributed by atoms with van der Waals surface area (Å²) in [5, 5.41) is 4.27. The van der Waals surface area contributed by atoms with Crippen LogP contribution in [-0.2, 0) is 12.8 Å². The molecule has 0 fully saturated rings. The van der Waals surface area contributed by atoms with E-state index in [0.717, 1.165) is 37.9 Å². The number of hydrogen-bond donors (Lipinski definition) is 2. The molecule has 0 aliphatic heterocycles. The largest absolute Gasteiger partial charge is 0.358 e. The van der Waals surface area contributed by atoms with E-state index in [2.05, 4.69) is 27.3 Å². The van der Waals surface area contributed by atoms with E-state index in [4.69, 9.17) is 0 Å². The Kier molecular flexibility index (Phi) is 5.01. The third-order valence-electron chi connectivity index (χ3n) is 4.68. The number of aromatic amines is 1. The predicted molar refractivity (Wildman–Crippen MR) is 95.1 cm³/mol. The SMILES string of the molecule is CN(C)CCCNC(=O)c1ccc2[nH]c3c(c2c1)CCCCC3. The molecule has 0 unspecified atom stereocenters. The Morgan fingerprint density at radius 1 is 1.22 bits per heavy atom. The van der Waals surface area contributed by atoms with Gasteiger partial charge in [0.15, 0.2) is 0 Å². The van der Waals surface area contributed by atoms with Gasteiger partial charge in [0.25, 0.3) is 5.91 Å². The maximum atomic E-state index is 12.4. The first kappa shape index (κ1) is 16.1. The van der Waals surface area contributed by atoms with Crippen molar-refractivity contribution >= 4 is 16.8 Å². The first-order chi connectivity index (χ1) is 11.1. The van der Waals surface area contributed by atoms with Crippen LogP contribution in [0.4, 0.5) is 0 Å². The predicted octanol–water partition coefficient (Wildman–Crippen LogP) is 3.12. The van der Waals surface area contributed by atoms with Crippen molar-refractivity contribution in [2.45, 2.75) is 38.5 Å². The minimum absolute atomic E-state index is 0.0363. The topological polar surface area (TPSA) is 48.1 Å². The van der Waals surface area contributed by atoms with Gasteiger partial charge in [-0.05, 0) is 76.5 Å². The maximum absolute atomic E-state index is 12.4. The Morgan fingerprint density at radius 2 is 2.04 bits per heavy atom. The zero-order valence-electron chi connectivity index (χ0n) is 14.2. The number of carbonyl (C=O) groups excluding carboxylic acids is 1. The zero-order valence-corrected chi connectivity index (χ0v) is 14.2. The molecule has 1 heterocycles. The lowest BCUT2D eigenvalue weighted by Crippen LogP contribution is -2.27. The highest BCUT2D eigenvalue weighted by Gasteiger charge is 2.15. The molecule has 4 nitrogen and oxygen atoms in total. The molecule has 0 atom stereocenters. The summed E-state index contributed by atoms with van der Waals surface area (Å²) in [6, 6.07) is 6.05. The van der Waals surface area contributed by atoms with Crippen molar-refractivity contribution in [1.29, 1.82) is 0 Å². The number of hydrogen-bond acceptors (Lipinski definition) is 2. The van der Waals surface area contributed by atoms with Crippen LogP contribution in [0.3, 0.4) is 0 Å². The van der Waals surface area contributed by atoms with E-state index in [0.29, 0.717) is 0 Å². The summed E-state index contributed by atoms with van der Waals surface area (Å²) in [6.07, 6.45) is 7.05. The molecule has 2 N–H and O–H groups in total. The molecule has 1 aromatic carbocycles. The van der Waals surface area contributed by atoms with Crippen molar-refractivity contribution in [2.24, 2.45) is 0 Å². The lowest BCUT2D eigenvalue weighted by molar-refractivity contribution is 0.0952. The summed E-state index contributed by atoms with van der Waals surface area (Å²) in [5.41, 5.74) is 4.75. The number of rotatable bonds is 5. The molecule has 1 aliphatic carbocycles. The van der Waals surface area contributed by atoms with Gasteiger partial charge in [-0.3, -0.25) is 4.79 Å². The zero-order chi connectivity index (χ0) is 16.2. The van der Waals surface area contributed by atoms with Gasteiger partial charge in [0.05, 0.1) is 0 Å². The number of amides is 1. The highest BCUT2D eigenvalue weighted by molar-refractivity contribution is 5.99. The van der Waals surface area contributed by atoms with Crippen molar-refractivity contribution in [1.82, 2.24) is 15.2 Å². The van der Waals surface area contributed by atoms with E-state index >= 15 is 0 Å². The van der Waals surface area contributed by atoms with E-state index in [-0.39, 0.29) is 5.91 Å². The maximum Gasteiger partial charge on any atom is 0.251 e. The normalized spacial score (nSPS) is 14.7. The van der Waals surface area contributed by atoms with Gasteiger partial charge >= 0.3 is 0 Å². The highest BCUT2D eigenvalue weighted by atomic mass is 16.1. The summed E-state index contributed by atoms with van der Waals surface area (Å²) in [6.45, 7) is 1.71. The Labute approximate surface area is 138 Å². The Bertz CT molecular complexity index is 687. The van der Waals surface area contributed by atoms with Gasteiger partial charge in [-0.2, -0.15) is 0 Å².